The van der Waals surface area contributed by atoms with Gasteiger partial charge in [0.2, 0.25) is 0 Å². The molecular weight excluding hydrogens is 210 g/mol. The van der Waals surface area contributed by atoms with Gasteiger partial charge in [0.25, 0.3) is 0 Å². The Morgan fingerprint density at radius 2 is 1.88 bits per heavy atom. The van der Waals surface area contributed by atoms with Crippen LogP contribution in [0.15, 0.2) is 24.3 Å². The van der Waals surface area contributed by atoms with Crippen molar-refractivity contribution < 1.29 is 5.11 Å². The van der Waals surface area contributed by atoms with E-state index in [0.717, 1.165) is 44.1 Å². The molecule has 0 amide bonds. The number of hydrogen-bond donors (Lipinski definition) is 1. The largest absolute Gasteiger partial charge is 0.388 e. The minimum absolute atomic E-state index is 0.653. The lowest BCUT2D eigenvalue weighted by Gasteiger charge is -2.51. The van der Waals surface area contributed by atoms with Crippen molar-refractivity contribution >= 4 is 0 Å². The topological polar surface area (TPSA) is 44.0 Å². The molecule has 0 aromatic heterocycles. The number of nitrogens with zero attached hydrogens (tertiary/aromatic N) is 1. The fourth-order valence-corrected chi connectivity index (χ4v) is 3.48. The molecule has 88 valence electrons. The molecular formula is C15H17NO. The standard InChI is InChI=1S/C15H17NO/c16-11-14(15(17)9-4-10-15)8-3-6-12-5-1-2-7-13(12)14/h1-2,5,7,17H,3-4,6,8-10H2. The summed E-state index contributed by atoms with van der Waals surface area (Å²) < 4.78 is 0. The Hall–Kier alpha value is -1.33. The molecule has 17 heavy (non-hydrogen) atoms. The van der Waals surface area contributed by atoms with Crippen molar-refractivity contribution in [3.63, 3.8) is 0 Å². The van der Waals surface area contributed by atoms with Gasteiger partial charge in [0.1, 0.15) is 5.41 Å². The molecule has 2 aliphatic rings. The summed E-state index contributed by atoms with van der Waals surface area (Å²) in [4.78, 5) is 0. The number of fused-ring (bicyclic) bond motifs is 1. The summed E-state index contributed by atoms with van der Waals surface area (Å²) in [6.07, 6.45) is 5.44. The van der Waals surface area contributed by atoms with E-state index < -0.39 is 11.0 Å². The van der Waals surface area contributed by atoms with Crippen LogP contribution in [0.1, 0.15) is 43.2 Å². The van der Waals surface area contributed by atoms with Gasteiger partial charge in [0.05, 0.1) is 11.7 Å². The second-order valence-corrected chi connectivity index (χ2v) is 5.41. The Bertz CT molecular complexity index is 484. The van der Waals surface area contributed by atoms with Crippen LogP contribution in [0.5, 0.6) is 0 Å². The summed E-state index contributed by atoms with van der Waals surface area (Å²) in [6, 6.07) is 10.6. The van der Waals surface area contributed by atoms with Gasteiger partial charge < -0.3 is 5.11 Å². The highest BCUT2D eigenvalue weighted by atomic mass is 16.3. The molecule has 1 fully saturated rings. The average Bonchev–Trinajstić information content (AvgIpc) is 2.35. The van der Waals surface area contributed by atoms with Crippen LogP contribution in [0.3, 0.4) is 0 Å². The molecule has 1 unspecified atom stereocenters. The van der Waals surface area contributed by atoms with Crippen LogP contribution in [0.2, 0.25) is 0 Å². The molecule has 0 spiro atoms. The van der Waals surface area contributed by atoms with Crippen molar-refractivity contribution in [2.45, 2.75) is 49.5 Å². The number of hydrogen-bond acceptors (Lipinski definition) is 2. The number of nitriles is 1. The quantitative estimate of drug-likeness (QED) is 0.801. The Balaban J connectivity index is 2.17. The molecule has 1 aromatic carbocycles. The Labute approximate surface area is 102 Å². The number of rotatable bonds is 1. The van der Waals surface area contributed by atoms with E-state index in [1.54, 1.807) is 0 Å². The summed E-state index contributed by atoms with van der Waals surface area (Å²) in [5.41, 5.74) is 0.898. The summed E-state index contributed by atoms with van der Waals surface area (Å²) in [7, 11) is 0. The van der Waals surface area contributed by atoms with Crippen molar-refractivity contribution in [1.82, 2.24) is 0 Å². The van der Waals surface area contributed by atoms with E-state index in [2.05, 4.69) is 12.1 Å². The molecule has 2 aliphatic carbocycles. The molecule has 2 nitrogen and oxygen atoms in total. The first kappa shape index (κ1) is 10.8. The average molecular weight is 227 g/mol. The molecule has 0 radical (unpaired) electrons. The first-order chi connectivity index (χ1) is 8.22. The highest BCUT2D eigenvalue weighted by molar-refractivity contribution is 5.45. The van der Waals surface area contributed by atoms with Crippen molar-refractivity contribution in [2.75, 3.05) is 0 Å². The molecule has 1 saturated carbocycles. The lowest BCUT2D eigenvalue weighted by molar-refractivity contribution is -0.0874. The van der Waals surface area contributed by atoms with Crippen LogP contribution in [0, 0.1) is 11.3 Å². The molecule has 2 heteroatoms. The van der Waals surface area contributed by atoms with E-state index in [-0.39, 0.29) is 0 Å². The second kappa shape index (κ2) is 3.58. The first-order valence-corrected chi connectivity index (χ1v) is 6.44. The van der Waals surface area contributed by atoms with E-state index in [1.165, 1.54) is 5.56 Å². The smallest absolute Gasteiger partial charge is 0.111 e. The Morgan fingerprint density at radius 1 is 1.12 bits per heavy atom. The Kier molecular flexibility index (Phi) is 2.27. The van der Waals surface area contributed by atoms with Gasteiger partial charge in [-0.1, -0.05) is 24.3 Å². The molecule has 0 aliphatic heterocycles. The van der Waals surface area contributed by atoms with Gasteiger partial charge in [-0.25, -0.2) is 0 Å². The van der Waals surface area contributed by atoms with E-state index in [4.69, 9.17) is 0 Å². The highest BCUT2D eigenvalue weighted by Gasteiger charge is 2.56. The third-order valence-corrected chi connectivity index (χ3v) is 4.64. The summed E-state index contributed by atoms with van der Waals surface area (Å²) >= 11 is 0. The van der Waals surface area contributed by atoms with Gasteiger partial charge in [-0.2, -0.15) is 5.26 Å². The van der Waals surface area contributed by atoms with Crippen LogP contribution < -0.4 is 0 Å². The van der Waals surface area contributed by atoms with Gasteiger partial charge in [-0.05, 0) is 49.7 Å². The third-order valence-electron chi connectivity index (χ3n) is 4.64. The molecule has 1 N–H and O–H groups in total. The molecule has 1 aromatic rings. The highest BCUT2D eigenvalue weighted by Crippen LogP contribution is 2.52. The van der Waals surface area contributed by atoms with Crippen molar-refractivity contribution in [1.29, 1.82) is 5.26 Å². The second-order valence-electron chi connectivity index (χ2n) is 5.41. The zero-order chi connectivity index (χ0) is 11.9. The number of aliphatic hydroxyl groups is 1. The normalized spacial score (nSPS) is 29.9. The molecule has 0 heterocycles. The van der Waals surface area contributed by atoms with Gasteiger partial charge in [-0.3, -0.25) is 0 Å². The zero-order valence-electron chi connectivity index (χ0n) is 9.95. The van der Waals surface area contributed by atoms with Crippen LogP contribution >= 0.6 is 0 Å². The molecule has 0 bridgehead atoms. The number of aryl methyl sites for hydroxylation is 1. The molecule has 0 saturated heterocycles. The van der Waals surface area contributed by atoms with Gasteiger partial charge in [0, 0.05) is 0 Å². The Morgan fingerprint density at radius 3 is 2.53 bits per heavy atom. The first-order valence-electron chi connectivity index (χ1n) is 6.44. The minimum atomic E-state index is -0.779. The van der Waals surface area contributed by atoms with Crippen LogP contribution in [0.25, 0.3) is 0 Å². The van der Waals surface area contributed by atoms with Gasteiger partial charge >= 0.3 is 0 Å². The summed E-state index contributed by atoms with van der Waals surface area (Å²) in [5.74, 6) is 0. The van der Waals surface area contributed by atoms with Crippen LogP contribution in [-0.2, 0) is 11.8 Å². The predicted octanol–water partition coefficient (Wildman–Crippen LogP) is 2.70. The van der Waals surface area contributed by atoms with Crippen molar-refractivity contribution in [2.24, 2.45) is 0 Å². The zero-order valence-corrected chi connectivity index (χ0v) is 9.95. The fourth-order valence-electron chi connectivity index (χ4n) is 3.48. The number of benzene rings is 1. The molecule has 1 atom stereocenters. The van der Waals surface area contributed by atoms with Gasteiger partial charge in [0.15, 0.2) is 0 Å². The van der Waals surface area contributed by atoms with Crippen molar-refractivity contribution in [3.05, 3.63) is 35.4 Å². The fraction of sp³-hybridized carbons (Fsp3) is 0.533. The lowest BCUT2D eigenvalue weighted by atomic mass is 9.55. The molecule has 3 rings (SSSR count). The monoisotopic (exact) mass is 227 g/mol. The SMILES string of the molecule is N#CC1(C2(O)CCC2)CCCc2ccccc21. The third kappa shape index (κ3) is 1.29. The van der Waals surface area contributed by atoms with E-state index in [9.17, 15) is 10.4 Å². The van der Waals surface area contributed by atoms with E-state index in [1.807, 2.05) is 18.2 Å². The van der Waals surface area contributed by atoms with E-state index >= 15 is 0 Å². The summed E-state index contributed by atoms with van der Waals surface area (Å²) in [6.45, 7) is 0. The lowest BCUT2D eigenvalue weighted by Crippen LogP contribution is -2.56. The van der Waals surface area contributed by atoms with Crippen molar-refractivity contribution in [3.8, 4) is 6.07 Å². The predicted molar refractivity (Wildman–Crippen MR) is 65.5 cm³/mol. The summed E-state index contributed by atoms with van der Waals surface area (Å²) in [5, 5.41) is 20.4. The maximum absolute atomic E-state index is 10.7. The maximum atomic E-state index is 10.7. The van der Waals surface area contributed by atoms with Crippen LogP contribution in [0.4, 0.5) is 0 Å². The minimum Gasteiger partial charge on any atom is -0.388 e. The van der Waals surface area contributed by atoms with Crippen LogP contribution in [-0.4, -0.2) is 10.7 Å². The maximum Gasteiger partial charge on any atom is 0.111 e. The van der Waals surface area contributed by atoms with E-state index in [0.29, 0.717) is 0 Å². The van der Waals surface area contributed by atoms with Gasteiger partial charge in [-0.15, -0.1) is 0 Å².